The number of ketones is 1. The molecule has 0 bridgehead atoms. The first-order valence-electron chi connectivity index (χ1n) is 12.0. The summed E-state index contributed by atoms with van der Waals surface area (Å²) in [6, 6.07) is 9.10. The van der Waals surface area contributed by atoms with Gasteiger partial charge in [0.1, 0.15) is 23.2 Å². The molecule has 0 aliphatic heterocycles. The molecule has 2 atom stereocenters. The number of nitrogens with zero attached hydrogens (tertiary/aromatic N) is 1. The first-order valence-corrected chi connectivity index (χ1v) is 12.0. The van der Waals surface area contributed by atoms with Crippen molar-refractivity contribution in [3.63, 3.8) is 0 Å². The number of carbonyl (C=O) groups excluding carboxylic acids is 2. The molecule has 0 saturated heterocycles. The van der Waals surface area contributed by atoms with E-state index >= 15 is 0 Å². The minimum atomic E-state index is -1.12. The van der Waals surface area contributed by atoms with E-state index in [-0.39, 0.29) is 24.1 Å². The molecule has 0 spiro atoms. The van der Waals surface area contributed by atoms with Gasteiger partial charge in [-0.05, 0) is 60.2 Å². The van der Waals surface area contributed by atoms with E-state index in [9.17, 15) is 37.8 Å². The Morgan fingerprint density at radius 1 is 1.00 bits per heavy atom. The van der Waals surface area contributed by atoms with Crippen LogP contribution in [0.15, 0.2) is 65.6 Å². The van der Waals surface area contributed by atoms with Crippen LogP contribution in [0.3, 0.4) is 0 Å². The number of hydrogen-bond donors (Lipinski definition) is 3. The van der Waals surface area contributed by atoms with E-state index in [0.717, 1.165) is 12.1 Å². The standard InChI is InChI=1S/C28H25F3N2O5/c29-19-7-4-16(5-8-19)14-33-15-17(10-18-6-9-20(30)12-22(18)31)11-21(28(33)38)25(35)13-26(36)27(37)32-23-2-1-3-24(23)34/h4-9,11-13,15,23-24,34-35H,1-3,10,14H2,(H,32,37). The number of aliphatic hydroxyl groups is 2. The monoisotopic (exact) mass is 526 g/mol. The average molecular weight is 527 g/mol. The van der Waals surface area contributed by atoms with Crippen molar-refractivity contribution in [2.24, 2.45) is 0 Å². The molecule has 1 saturated carbocycles. The molecule has 1 amide bonds. The van der Waals surface area contributed by atoms with Crippen molar-refractivity contribution in [1.82, 2.24) is 9.88 Å². The lowest BCUT2D eigenvalue weighted by Crippen LogP contribution is -2.42. The fraction of sp³-hybridized carbons (Fsp3) is 0.250. The molecular weight excluding hydrogens is 501 g/mol. The highest BCUT2D eigenvalue weighted by Crippen LogP contribution is 2.20. The highest BCUT2D eigenvalue weighted by Gasteiger charge is 2.28. The number of aromatic nitrogens is 1. The van der Waals surface area contributed by atoms with Crippen LogP contribution in [0, 0.1) is 17.5 Å². The normalized spacial score (nSPS) is 17.4. The Kier molecular flexibility index (Phi) is 8.11. The Morgan fingerprint density at radius 3 is 2.37 bits per heavy atom. The van der Waals surface area contributed by atoms with E-state index in [1.165, 1.54) is 47.2 Å². The average Bonchev–Trinajstić information content (AvgIpc) is 3.28. The van der Waals surface area contributed by atoms with Crippen LogP contribution in [-0.2, 0) is 22.6 Å². The molecule has 0 radical (unpaired) electrons. The summed E-state index contributed by atoms with van der Waals surface area (Å²) in [7, 11) is 0. The molecular formula is C28H25F3N2O5. The van der Waals surface area contributed by atoms with Crippen LogP contribution in [0.25, 0.3) is 5.76 Å². The predicted molar refractivity (Wildman–Crippen MR) is 133 cm³/mol. The van der Waals surface area contributed by atoms with Crippen molar-refractivity contribution >= 4 is 17.4 Å². The second-order valence-electron chi connectivity index (χ2n) is 9.21. The molecule has 7 nitrogen and oxygen atoms in total. The third-order valence-corrected chi connectivity index (χ3v) is 6.38. The van der Waals surface area contributed by atoms with Gasteiger partial charge in [-0.3, -0.25) is 14.4 Å². The smallest absolute Gasteiger partial charge is 0.292 e. The SMILES string of the molecule is O=C(C=C(O)c1cc(Cc2ccc(F)cc2F)cn(Cc2ccc(F)cc2)c1=O)C(=O)NC1CCCC1O. The quantitative estimate of drug-likeness (QED) is 0.237. The Bertz CT molecular complexity index is 1450. The van der Waals surface area contributed by atoms with Crippen molar-refractivity contribution < 1.29 is 33.0 Å². The van der Waals surface area contributed by atoms with Gasteiger partial charge in [0.2, 0.25) is 5.78 Å². The summed E-state index contributed by atoms with van der Waals surface area (Å²) < 4.78 is 42.2. The number of nitrogens with one attached hydrogen (secondary N) is 1. The summed E-state index contributed by atoms with van der Waals surface area (Å²) in [5.41, 5.74) is -0.0184. The molecule has 1 aliphatic carbocycles. The minimum Gasteiger partial charge on any atom is -0.507 e. The van der Waals surface area contributed by atoms with Gasteiger partial charge in [0, 0.05) is 24.8 Å². The van der Waals surface area contributed by atoms with Gasteiger partial charge in [-0.15, -0.1) is 0 Å². The molecule has 38 heavy (non-hydrogen) atoms. The number of halogens is 3. The first-order chi connectivity index (χ1) is 18.1. The second-order valence-corrected chi connectivity index (χ2v) is 9.21. The first kappa shape index (κ1) is 26.9. The number of carbonyl (C=O) groups is 2. The van der Waals surface area contributed by atoms with Crippen molar-refractivity contribution in [3.8, 4) is 0 Å². The van der Waals surface area contributed by atoms with Crippen LogP contribution in [-0.4, -0.2) is 38.6 Å². The third-order valence-electron chi connectivity index (χ3n) is 6.38. The zero-order chi connectivity index (χ0) is 27.4. The van der Waals surface area contributed by atoms with Crippen molar-refractivity contribution in [1.29, 1.82) is 0 Å². The minimum absolute atomic E-state index is 0.0346. The maximum atomic E-state index is 14.3. The van der Waals surface area contributed by atoms with E-state index in [1.807, 2.05) is 0 Å². The molecule has 1 heterocycles. The summed E-state index contributed by atoms with van der Waals surface area (Å²) in [5, 5.41) is 23.0. The van der Waals surface area contributed by atoms with Crippen LogP contribution in [0.2, 0.25) is 0 Å². The van der Waals surface area contributed by atoms with Crippen molar-refractivity contribution in [2.75, 3.05) is 0 Å². The Balaban J connectivity index is 1.67. The fourth-order valence-electron chi connectivity index (χ4n) is 4.38. The van der Waals surface area contributed by atoms with Gasteiger partial charge in [0.25, 0.3) is 11.5 Å². The summed E-state index contributed by atoms with van der Waals surface area (Å²) in [4.78, 5) is 37.9. The Morgan fingerprint density at radius 2 is 1.71 bits per heavy atom. The molecule has 2 unspecified atom stereocenters. The van der Waals surface area contributed by atoms with Gasteiger partial charge in [0.15, 0.2) is 0 Å². The van der Waals surface area contributed by atoms with Gasteiger partial charge >= 0.3 is 0 Å². The molecule has 198 valence electrons. The Labute approximate surface area is 215 Å². The van der Waals surface area contributed by atoms with E-state index < -0.39 is 52.6 Å². The second kappa shape index (κ2) is 11.5. The molecule has 1 aliphatic rings. The lowest BCUT2D eigenvalue weighted by atomic mass is 10.0. The molecule has 3 aromatic rings. The summed E-state index contributed by atoms with van der Waals surface area (Å²) >= 11 is 0. The topological polar surface area (TPSA) is 109 Å². The highest BCUT2D eigenvalue weighted by molar-refractivity contribution is 6.41. The molecule has 4 rings (SSSR count). The van der Waals surface area contributed by atoms with Gasteiger partial charge in [-0.25, -0.2) is 13.2 Å². The Hall–Kier alpha value is -4.18. The highest BCUT2D eigenvalue weighted by atomic mass is 19.1. The number of benzene rings is 2. The number of pyridine rings is 1. The molecule has 1 fully saturated rings. The van der Waals surface area contributed by atoms with Crippen LogP contribution in [0.5, 0.6) is 0 Å². The van der Waals surface area contributed by atoms with Crippen LogP contribution >= 0.6 is 0 Å². The zero-order valence-electron chi connectivity index (χ0n) is 20.2. The summed E-state index contributed by atoms with van der Waals surface area (Å²) in [6.07, 6.45) is 2.87. The lowest BCUT2D eigenvalue weighted by molar-refractivity contribution is -0.136. The van der Waals surface area contributed by atoms with Crippen LogP contribution < -0.4 is 10.9 Å². The zero-order valence-corrected chi connectivity index (χ0v) is 20.2. The number of amides is 1. The molecule has 3 N–H and O–H groups in total. The largest absolute Gasteiger partial charge is 0.507 e. The van der Waals surface area contributed by atoms with Crippen molar-refractivity contribution in [3.05, 3.63) is 111 Å². The molecule has 2 aromatic carbocycles. The number of aliphatic hydroxyl groups excluding tert-OH is 2. The van der Waals surface area contributed by atoms with E-state index in [1.54, 1.807) is 0 Å². The van der Waals surface area contributed by atoms with Gasteiger partial charge < -0.3 is 20.1 Å². The molecule has 1 aromatic heterocycles. The fourth-order valence-corrected chi connectivity index (χ4v) is 4.38. The third kappa shape index (κ3) is 6.38. The van der Waals surface area contributed by atoms with Gasteiger partial charge in [-0.1, -0.05) is 18.2 Å². The predicted octanol–water partition coefficient (Wildman–Crippen LogP) is 3.40. The number of rotatable bonds is 8. The van der Waals surface area contributed by atoms with Gasteiger partial charge in [0.05, 0.1) is 24.3 Å². The van der Waals surface area contributed by atoms with Crippen LogP contribution in [0.1, 0.15) is 41.5 Å². The van der Waals surface area contributed by atoms with E-state index in [2.05, 4.69) is 5.32 Å². The van der Waals surface area contributed by atoms with E-state index in [4.69, 9.17) is 0 Å². The lowest BCUT2D eigenvalue weighted by Gasteiger charge is -2.15. The number of hydrogen-bond acceptors (Lipinski definition) is 5. The van der Waals surface area contributed by atoms with E-state index in [0.29, 0.717) is 36.5 Å². The maximum Gasteiger partial charge on any atom is 0.292 e. The maximum absolute atomic E-state index is 14.3. The van der Waals surface area contributed by atoms with Gasteiger partial charge in [-0.2, -0.15) is 0 Å². The molecule has 10 heteroatoms. The summed E-state index contributed by atoms with van der Waals surface area (Å²) in [6.45, 7) is -0.0346. The van der Waals surface area contributed by atoms with Crippen molar-refractivity contribution in [2.45, 2.75) is 44.4 Å². The van der Waals surface area contributed by atoms with Crippen LogP contribution in [0.4, 0.5) is 13.2 Å². The summed E-state index contributed by atoms with van der Waals surface area (Å²) in [5.74, 6) is -4.97.